The largest absolute Gasteiger partial charge is 0.0845 e. The van der Waals surface area contributed by atoms with Crippen LogP contribution in [0.15, 0.2) is 24.3 Å². The van der Waals surface area contributed by atoms with Gasteiger partial charge in [-0.25, -0.2) is 0 Å². The maximum atomic E-state index is 2.31. The summed E-state index contributed by atoms with van der Waals surface area (Å²) in [6, 6.07) is 0. The second kappa shape index (κ2) is 3.48. The first-order valence-corrected chi connectivity index (χ1v) is 3.13. The van der Waals surface area contributed by atoms with Gasteiger partial charge >= 0.3 is 0 Å². The van der Waals surface area contributed by atoms with Crippen molar-refractivity contribution in [3.05, 3.63) is 30.7 Å². The predicted octanol–water partition coefficient (Wildman–Crippen LogP) is 2.49. The van der Waals surface area contributed by atoms with Crippen LogP contribution in [0.1, 0.15) is 19.3 Å². The predicted molar refractivity (Wildman–Crippen MR) is 36.4 cm³/mol. The summed E-state index contributed by atoms with van der Waals surface area (Å²) in [5.41, 5.74) is 0. The van der Waals surface area contributed by atoms with Crippen molar-refractivity contribution in [2.75, 3.05) is 0 Å². The highest BCUT2D eigenvalue weighted by molar-refractivity contribution is 5.05. The van der Waals surface area contributed by atoms with E-state index in [1.807, 2.05) is 0 Å². The highest BCUT2D eigenvalue weighted by Gasteiger charge is 1.84. The fourth-order valence-electron chi connectivity index (χ4n) is 0.760. The van der Waals surface area contributed by atoms with E-state index in [2.05, 4.69) is 30.7 Å². The van der Waals surface area contributed by atoms with Crippen LogP contribution < -0.4 is 0 Å². The quantitative estimate of drug-likeness (QED) is 0.446. The molecular weight excluding hydrogens is 96.1 g/mol. The first kappa shape index (κ1) is 5.61. The Bertz CT molecular complexity index is 84.6. The molecule has 0 amide bonds. The van der Waals surface area contributed by atoms with E-state index in [4.69, 9.17) is 0 Å². The Labute approximate surface area is 50.9 Å². The van der Waals surface area contributed by atoms with E-state index in [1.165, 1.54) is 12.8 Å². The van der Waals surface area contributed by atoms with Crippen LogP contribution in [0.2, 0.25) is 0 Å². The van der Waals surface area contributed by atoms with Gasteiger partial charge in [-0.3, -0.25) is 0 Å². The zero-order chi connectivity index (χ0) is 5.66. The molecule has 0 spiro atoms. The average molecular weight is 107 g/mol. The standard InChI is InChI=1S/C8H11/c1-2-4-6-8-7-5-3-1/h1-4,7H,5-6,8H2/b3-1-,4-2-. The van der Waals surface area contributed by atoms with Crippen LogP contribution >= 0.6 is 0 Å². The van der Waals surface area contributed by atoms with Gasteiger partial charge in [-0.05, 0) is 25.7 Å². The average Bonchev–Trinajstić information content (AvgIpc) is 1.62. The minimum atomic E-state index is 1.14. The Morgan fingerprint density at radius 2 is 1.75 bits per heavy atom. The Balaban J connectivity index is 2.33. The lowest BCUT2D eigenvalue weighted by Crippen LogP contribution is -1.75. The lowest BCUT2D eigenvalue weighted by atomic mass is 10.1. The van der Waals surface area contributed by atoms with Crippen LogP contribution in [0.3, 0.4) is 0 Å². The molecule has 1 aliphatic rings. The van der Waals surface area contributed by atoms with Gasteiger partial charge in [-0.1, -0.05) is 24.3 Å². The second-order valence-electron chi connectivity index (χ2n) is 1.96. The maximum absolute atomic E-state index is 2.31. The third kappa shape index (κ3) is 1.97. The topological polar surface area (TPSA) is 0 Å². The minimum Gasteiger partial charge on any atom is -0.0845 e. The van der Waals surface area contributed by atoms with E-state index in [-0.39, 0.29) is 0 Å². The summed E-state index contributed by atoms with van der Waals surface area (Å²) in [7, 11) is 0. The summed E-state index contributed by atoms with van der Waals surface area (Å²) in [6.45, 7) is 0. The van der Waals surface area contributed by atoms with Gasteiger partial charge in [-0.15, -0.1) is 0 Å². The van der Waals surface area contributed by atoms with Crippen LogP contribution in [-0.4, -0.2) is 0 Å². The molecule has 0 heteroatoms. The summed E-state index contributed by atoms with van der Waals surface area (Å²) in [5, 5.41) is 0. The van der Waals surface area contributed by atoms with Crippen molar-refractivity contribution in [1.29, 1.82) is 0 Å². The van der Waals surface area contributed by atoms with E-state index in [1.54, 1.807) is 0 Å². The van der Waals surface area contributed by atoms with Crippen LogP contribution in [0.25, 0.3) is 0 Å². The molecule has 1 aliphatic carbocycles. The number of hydrogen-bond donors (Lipinski definition) is 0. The minimum absolute atomic E-state index is 1.14. The third-order valence-corrected chi connectivity index (χ3v) is 1.22. The van der Waals surface area contributed by atoms with Crippen molar-refractivity contribution in [2.45, 2.75) is 19.3 Å². The zero-order valence-corrected chi connectivity index (χ0v) is 5.01. The molecule has 1 radical (unpaired) electrons. The molecule has 0 bridgehead atoms. The third-order valence-electron chi connectivity index (χ3n) is 1.22. The summed E-state index contributed by atoms with van der Waals surface area (Å²) < 4.78 is 0. The molecule has 0 saturated heterocycles. The first-order chi connectivity index (χ1) is 4.00. The molecule has 0 unspecified atom stereocenters. The second-order valence-corrected chi connectivity index (χ2v) is 1.96. The fraction of sp³-hybridized carbons (Fsp3) is 0.375. The molecule has 0 aliphatic heterocycles. The molecule has 0 aromatic rings. The molecule has 0 nitrogen and oxygen atoms in total. The summed E-state index contributed by atoms with van der Waals surface area (Å²) in [5.74, 6) is 0. The molecule has 0 saturated carbocycles. The highest BCUT2D eigenvalue weighted by atomic mass is 13.9. The lowest BCUT2D eigenvalue weighted by molar-refractivity contribution is 0.928. The van der Waals surface area contributed by atoms with E-state index in [9.17, 15) is 0 Å². The molecule has 8 heavy (non-hydrogen) atoms. The molecule has 0 atom stereocenters. The van der Waals surface area contributed by atoms with Crippen molar-refractivity contribution in [3.63, 3.8) is 0 Å². The Kier molecular flexibility index (Phi) is 2.44. The number of hydrogen-bond acceptors (Lipinski definition) is 0. The normalized spacial score (nSPS) is 28.0. The zero-order valence-electron chi connectivity index (χ0n) is 5.01. The monoisotopic (exact) mass is 107 g/mol. The van der Waals surface area contributed by atoms with Crippen molar-refractivity contribution in [3.8, 4) is 0 Å². The lowest BCUT2D eigenvalue weighted by Gasteiger charge is -1.93. The smallest absolute Gasteiger partial charge is 0.0316 e. The van der Waals surface area contributed by atoms with Gasteiger partial charge < -0.3 is 0 Å². The summed E-state index contributed by atoms with van der Waals surface area (Å²) in [6.07, 6.45) is 14.5. The Hall–Kier alpha value is -0.520. The van der Waals surface area contributed by atoms with Crippen LogP contribution in [0.4, 0.5) is 0 Å². The van der Waals surface area contributed by atoms with E-state index in [0.29, 0.717) is 0 Å². The van der Waals surface area contributed by atoms with Gasteiger partial charge in [0.25, 0.3) is 0 Å². The van der Waals surface area contributed by atoms with Gasteiger partial charge in [0.05, 0.1) is 0 Å². The molecule has 0 aromatic heterocycles. The molecule has 0 aromatic carbocycles. The SMILES string of the molecule is [CH]1C/C=C\C=C/CC1. The van der Waals surface area contributed by atoms with E-state index >= 15 is 0 Å². The molecular formula is C8H11. The van der Waals surface area contributed by atoms with Crippen molar-refractivity contribution in [2.24, 2.45) is 0 Å². The van der Waals surface area contributed by atoms with Gasteiger partial charge in [-0.2, -0.15) is 0 Å². The van der Waals surface area contributed by atoms with Crippen molar-refractivity contribution >= 4 is 0 Å². The van der Waals surface area contributed by atoms with Gasteiger partial charge in [0, 0.05) is 0 Å². The van der Waals surface area contributed by atoms with Crippen molar-refractivity contribution in [1.82, 2.24) is 0 Å². The molecule has 0 fully saturated rings. The fourth-order valence-corrected chi connectivity index (χ4v) is 0.760. The van der Waals surface area contributed by atoms with Crippen LogP contribution in [-0.2, 0) is 0 Å². The number of allylic oxidation sites excluding steroid dienone is 4. The molecule has 0 heterocycles. The Morgan fingerprint density at radius 1 is 0.875 bits per heavy atom. The molecule has 0 N–H and O–H groups in total. The maximum Gasteiger partial charge on any atom is -0.0316 e. The molecule has 1 rings (SSSR count). The van der Waals surface area contributed by atoms with E-state index in [0.717, 1.165) is 6.42 Å². The van der Waals surface area contributed by atoms with Gasteiger partial charge in [0.15, 0.2) is 0 Å². The first-order valence-electron chi connectivity index (χ1n) is 3.13. The van der Waals surface area contributed by atoms with Crippen LogP contribution in [0, 0.1) is 6.42 Å². The molecule has 43 valence electrons. The Morgan fingerprint density at radius 3 is 2.75 bits per heavy atom. The van der Waals surface area contributed by atoms with E-state index < -0.39 is 0 Å². The van der Waals surface area contributed by atoms with Gasteiger partial charge in [0.1, 0.15) is 0 Å². The van der Waals surface area contributed by atoms with Crippen LogP contribution in [0.5, 0.6) is 0 Å². The summed E-state index contributed by atoms with van der Waals surface area (Å²) in [4.78, 5) is 0. The van der Waals surface area contributed by atoms with Crippen molar-refractivity contribution < 1.29 is 0 Å². The highest BCUT2D eigenvalue weighted by Crippen LogP contribution is 2.03. The summed E-state index contributed by atoms with van der Waals surface area (Å²) >= 11 is 0. The number of rotatable bonds is 0. The van der Waals surface area contributed by atoms with Gasteiger partial charge in [0.2, 0.25) is 0 Å².